The van der Waals surface area contributed by atoms with Crippen LogP contribution in [0, 0.1) is 0 Å². The lowest BCUT2D eigenvalue weighted by Crippen LogP contribution is -2.38. The molecule has 0 bridgehead atoms. The minimum atomic E-state index is -0.364. The fourth-order valence-corrected chi connectivity index (χ4v) is 3.20. The molecular formula is C14H16N4O2S. The summed E-state index contributed by atoms with van der Waals surface area (Å²) in [6.07, 6.45) is 6.84. The first-order chi connectivity index (χ1) is 10.1. The summed E-state index contributed by atoms with van der Waals surface area (Å²) in [5.41, 5.74) is 0.644. The number of carbonyl (C=O) groups excluding carboxylic acids is 2. The molecule has 6 nitrogen and oxygen atoms in total. The van der Waals surface area contributed by atoms with E-state index in [1.165, 1.54) is 6.42 Å². The van der Waals surface area contributed by atoms with Gasteiger partial charge in [-0.2, -0.15) is 0 Å². The van der Waals surface area contributed by atoms with Gasteiger partial charge in [0.1, 0.15) is 0 Å². The maximum atomic E-state index is 11.6. The van der Waals surface area contributed by atoms with Crippen molar-refractivity contribution in [3.05, 3.63) is 22.9 Å². The van der Waals surface area contributed by atoms with Crippen LogP contribution in [0.5, 0.6) is 0 Å². The molecule has 1 unspecified atom stereocenters. The van der Waals surface area contributed by atoms with E-state index in [9.17, 15) is 9.59 Å². The molecule has 2 aliphatic rings. The summed E-state index contributed by atoms with van der Waals surface area (Å²) in [7, 11) is 0. The third-order valence-electron chi connectivity index (χ3n) is 3.65. The summed E-state index contributed by atoms with van der Waals surface area (Å²) in [5.74, 6) is 0.322. The van der Waals surface area contributed by atoms with Crippen molar-refractivity contribution < 1.29 is 9.59 Å². The maximum absolute atomic E-state index is 11.6. The zero-order valence-corrected chi connectivity index (χ0v) is 12.5. The van der Waals surface area contributed by atoms with Crippen molar-refractivity contribution in [2.24, 2.45) is 0 Å². The third kappa shape index (κ3) is 3.07. The highest BCUT2D eigenvalue weighted by Crippen LogP contribution is 2.26. The number of nitrogens with zero attached hydrogens (tertiary/aromatic N) is 3. The van der Waals surface area contributed by atoms with Crippen molar-refractivity contribution in [2.75, 3.05) is 11.4 Å². The van der Waals surface area contributed by atoms with Gasteiger partial charge in [-0.15, -0.1) is 0 Å². The van der Waals surface area contributed by atoms with E-state index in [0.29, 0.717) is 22.6 Å². The molecule has 110 valence electrons. The van der Waals surface area contributed by atoms with Crippen LogP contribution in [-0.4, -0.2) is 33.7 Å². The maximum Gasteiger partial charge on any atom is 0.290 e. The van der Waals surface area contributed by atoms with Crippen molar-refractivity contribution in [3.8, 4) is 0 Å². The van der Waals surface area contributed by atoms with Gasteiger partial charge in [0.2, 0.25) is 5.95 Å². The van der Waals surface area contributed by atoms with Gasteiger partial charge in [0.25, 0.3) is 11.1 Å². The van der Waals surface area contributed by atoms with Crippen LogP contribution in [0.3, 0.4) is 0 Å². The Morgan fingerprint density at radius 3 is 3.00 bits per heavy atom. The summed E-state index contributed by atoms with van der Waals surface area (Å²) in [6.45, 7) is 3.13. The molecule has 0 aromatic carbocycles. The van der Waals surface area contributed by atoms with Crippen LogP contribution in [0.15, 0.2) is 17.2 Å². The monoisotopic (exact) mass is 304 g/mol. The minimum absolute atomic E-state index is 0.342. The first-order valence-electron chi connectivity index (χ1n) is 6.98. The molecule has 2 fully saturated rings. The van der Waals surface area contributed by atoms with Crippen LogP contribution >= 0.6 is 11.8 Å². The third-order valence-corrected chi connectivity index (χ3v) is 4.46. The fraction of sp³-hybridized carbons (Fsp3) is 0.429. The van der Waals surface area contributed by atoms with Gasteiger partial charge in [-0.05, 0) is 50.1 Å². The SMILES string of the molecule is CC1CCCCN1c1nccc(C=C2SC(=O)NC2=O)n1. The molecular weight excluding hydrogens is 288 g/mol. The number of piperidine rings is 1. The Balaban J connectivity index is 1.85. The van der Waals surface area contributed by atoms with Crippen LogP contribution < -0.4 is 10.2 Å². The Bertz CT molecular complexity index is 617. The van der Waals surface area contributed by atoms with Crippen LogP contribution in [-0.2, 0) is 4.79 Å². The molecule has 1 N–H and O–H groups in total. The second-order valence-electron chi connectivity index (χ2n) is 5.17. The van der Waals surface area contributed by atoms with Gasteiger partial charge in [0, 0.05) is 18.8 Å². The van der Waals surface area contributed by atoms with Crippen LogP contribution in [0.2, 0.25) is 0 Å². The van der Waals surface area contributed by atoms with Gasteiger partial charge in [-0.25, -0.2) is 9.97 Å². The molecule has 1 atom stereocenters. The molecule has 1 aromatic rings. The van der Waals surface area contributed by atoms with Gasteiger partial charge < -0.3 is 4.90 Å². The minimum Gasteiger partial charge on any atom is -0.338 e. The van der Waals surface area contributed by atoms with Crippen LogP contribution in [0.4, 0.5) is 10.7 Å². The molecule has 2 saturated heterocycles. The molecule has 3 heterocycles. The fourth-order valence-electron chi connectivity index (χ4n) is 2.53. The second kappa shape index (κ2) is 5.85. The van der Waals surface area contributed by atoms with E-state index in [-0.39, 0.29) is 11.1 Å². The van der Waals surface area contributed by atoms with E-state index < -0.39 is 0 Å². The van der Waals surface area contributed by atoms with Crippen molar-refractivity contribution in [3.63, 3.8) is 0 Å². The highest BCUT2D eigenvalue weighted by Gasteiger charge is 2.25. The van der Waals surface area contributed by atoms with E-state index in [2.05, 4.69) is 27.1 Å². The number of aromatic nitrogens is 2. The average Bonchev–Trinajstić information content (AvgIpc) is 2.78. The molecule has 0 saturated carbocycles. The lowest BCUT2D eigenvalue weighted by molar-refractivity contribution is -0.115. The van der Waals surface area contributed by atoms with Crippen molar-refractivity contribution in [1.29, 1.82) is 0 Å². The van der Waals surface area contributed by atoms with Crippen LogP contribution in [0.25, 0.3) is 6.08 Å². The molecule has 3 rings (SSSR count). The van der Waals surface area contributed by atoms with E-state index in [1.54, 1.807) is 18.3 Å². The summed E-state index contributed by atoms with van der Waals surface area (Å²) in [6, 6.07) is 2.16. The van der Waals surface area contributed by atoms with Gasteiger partial charge >= 0.3 is 0 Å². The number of anilines is 1. The van der Waals surface area contributed by atoms with Gasteiger partial charge in [0.15, 0.2) is 0 Å². The quantitative estimate of drug-likeness (QED) is 0.844. The predicted molar refractivity (Wildman–Crippen MR) is 81.8 cm³/mol. The van der Waals surface area contributed by atoms with Crippen molar-refractivity contribution in [1.82, 2.24) is 15.3 Å². The first-order valence-corrected chi connectivity index (χ1v) is 7.80. The Kier molecular flexibility index (Phi) is 3.92. The molecule has 2 amide bonds. The number of thioether (sulfide) groups is 1. The molecule has 0 spiro atoms. The van der Waals surface area contributed by atoms with E-state index in [0.717, 1.165) is 31.1 Å². The molecule has 7 heteroatoms. The normalized spacial score (nSPS) is 24.5. The van der Waals surface area contributed by atoms with Gasteiger partial charge in [-0.1, -0.05) is 0 Å². The van der Waals surface area contributed by atoms with Gasteiger partial charge in [0.05, 0.1) is 10.6 Å². The van der Waals surface area contributed by atoms with Crippen molar-refractivity contribution in [2.45, 2.75) is 32.2 Å². The topological polar surface area (TPSA) is 75.2 Å². The lowest BCUT2D eigenvalue weighted by Gasteiger charge is -2.33. The largest absolute Gasteiger partial charge is 0.338 e. The Morgan fingerprint density at radius 2 is 2.29 bits per heavy atom. The van der Waals surface area contributed by atoms with E-state index >= 15 is 0 Å². The molecule has 0 aliphatic carbocycles. The smallest absolute Gasteiger partial charge is 0.290 e. The summed E-state index contributed by atoms with van der Waals surface area (Å²) >= 11 is 0.898. The Hall–Kier alpha value is -1.89. The molecule has 21 heavy (non-hydrogen) atoms. The number of nitrogens with one attached hydrogen (secondary N) is 1. The van der Waals surface area contributed by atoms with E-state index in [1.807, 2.05) is 0 Å². The summed E-state index contributed by atoms with van der Waals surface area (Å²) < 4.78 is 0. The average molecular weight is 304 g/mol. The van der Waals surface area contributed by atoms with E-state index in [4.69, 9.17) is 0 Å². The highest BCUT2D eigenvalue weighted by molar-refractivity contribution is 8.18. The number of hydrogen-bond acceptors (Lipinski definition) is 6. The first kappa shape index (κ1) is 14.1. The highest BCUT2D eigenvalue weighted by atomic mass is 32.2. The molecule has 2 aliphatic heterocycles. The molecule has 1 aromatic heterocycles. The zero-order chi connectivity index (χ0) is 14.8. The second-order valence-corrected chi connectivity index (χ2v) is 6.19. The number of rotatable bonds is 2. The summed E-state index contributed by atoms with van der Waals surface area (Å²) in [4.78, 5) is 34.1. The number of imide groups is 1. The van der Waals surface area contributed by atoms with Crippen LogP contribution in [0.1, 0.15) is 31.9 Å². The van der Waals surface area contributed by atoms with Crippen molar-refractivity contribution >= 4 is 34.9 Å². The number of amides is 2. The Morgan fingerprint density at radius 1 is 1.43 bits per heavy atom. The summed E-state index contributed by atoms with van der Waals surface area (Å²) in [5, 5.41) is 1.89. The standard InChI is InChI=1S/C14H16N4O2S/c1-9-4-2-3-7-18(9)13-15-6-5-10(16-13)8-11-12(19)17-14(20)21-11/h5-6,8-9H,2-4,7H2,1H3,(H,17,19,20). The zero-order valence-electron chi connectivity index (χ0n) is 11.7. The Labute approximate surface area is 127 Å². The molecule has 0 radical (unpaired) electrons. The number of carbonyl (C=O) groups is 2. The predicted octanol–water partition coefficient (Wildman–Crippen LogP) is 2.18. The van der Waals surface area contributed by atoms with Gasteiger partial charge in [-0.3, -0.25) is 14.9 Å². The lowest BCUT2D eigenvalue weighted by atomic mass is 10.0. The number of hydrogen-bond donors (Lipinski definition) is 1.